The van der Waals surface area contributed by atoms with Crippen molar-refractivity contribution in [1.29, 1.82) is 0 Å². The van der Waals surface area contributed by atoms with Gasteiger partial charge in [-0.05, 0) is 32.9 Å². The molecule has 0 aromatic heterocycles. The fourth-order valence-electron chi connectivity index (χ4n) is 1.68. The molecule has 0 atom stereocenters. The van der Waals surface area contributed by atoms with Crippen molar-refractivity contribution in [3.8, 4) is 0 Å². The highest BCUT2D eigenvalue weighted by Crippen LogP contribution is 1.97. The Morgan fingerprint density at radius 2 is 1.84 bits per heavy atom. The Labute approximate surface area is 115 Å². The van der Waals surface area contributed by atoms with Crippen molar-refractivity contribution in [2.75, 3.05) is 46.4 Å². The maximum Gasteiger partial charge on any atom is 0.320 e. The Hall–Kier alpha value is -1.14. The van der Waals surface area contributed by atoms with Gasteiger partial charge in [-0.1, -0.05) is 6.92 Å². The predicted molar refractivity (Wildman–Crippen MR) is 74.7 cm³/mol. The molecule has 0 heterocycles. The van der Waals surface area contributed by atoms with Crippen molar-refractivity contribution in [3.05, 3.63) is 0 Å². The van der Waals surface area contributed by atoms with E-state index in [9.17, 15) is 9.59 Å². The van der Waals surface area contributed by atoms with E-state index in [4.69, 9.17) is 10.5 Å². The van der Waals surface area contributed by atoms with Crippen molar-refractivity contribution in [1.82, 2.24) is 9.80 Å². The maximum atomic E-state index is 12.0. The lowest BCUT2D eigenvalue weighted by molar-refractivity contribution is -0.145. The molecule has 0 bridgehead atoms. The van der Waals surface area contributed by atoms with Gasteiger partial charge in [-0.2, -0.15) is 0 Å². The number of amides is 1. The second-order valence-electron chi connectivity index (χ2n) is 4.47. The van der Waals surface area contributed by atoms with Gasteiger partial charge in [-0.15, -0.1) is 0 Å². The average Bonchev–Trinajstić information content (AvgIpc) is 2.36. The number of nitrogens with zero attached hydrogens (tertiary/aromatic N) is 2. The molecule has 1 amide bonds. The van der Waals surface area contributed by atoms with Crippen molar-refractivity contribution in [3.63, 3.8) is 0 Å². The molecule has 19 heavy (non-hydrogen) atoms. The summed E-state index contributed by atoms with van der Waals surface area (Å²) in [5.74, 6) is -0.278. The van der Waals surface area contributed by atoms with E-state index < -0.39 is 0 Å². The minimum Gasteiger partial charge on any atom is -0.465 e. The summed E-state index contributed by atoms with van der Waals surface area (Å²) in [5, 5.41) is 0. The van der Waals surface area contributed by atoms with Crippen molar-refractivity contribution in [2.45, 2.75) is 26.7 Å². The molecule has 0 saturated carbocycles. The SMILES string of the molecule is CCCN(CC(=O)OCC)CC(=O)N(C)CCCN. The van der Waals surface area contributed by atoms with E-state index in [0.29, 0.717) is 26.2 Å². The molecular formula is C13H27N3O3. The summed E-state index contributed by atoms with van der Waals surface area (Å²) < 4.78 is 4.90. The van der Waals surface area contributed by atoms with Gasteiger partial charge in [-0.3, -0.25) is 14.5 Å². The second-order valence-corrected chi connectivity index (χ2v) is 4.47. The van der Waals surface area contributed by atoms with E-state index in [0.717, 1.165) is 12.8 Å². The van der Waals surface area contributed by atoms with Crippen molar-refractivity contribution >= 4 is 11.9 Å². The van der Waals surface area contributed by atoms with E-state index in [-0.39, 0.29) is 25.0 Å². The fourth-order valence-corrected chi connectivity index (χ4v) is 1.68. The molecule has 0 rings (SSSR count). The van der Waals surface area contributed by atoms with Crippen LogP contribution in [0.2, 0.25) is 0 Å². The molecule has 0 unspecified atom stereocenters. The molecule has 0 spiro atoms. The molecule has 0 aromatic rings. The van der Waals surface area contributed by atoms with Crippen LogP contribution < -0.4 is 5.73 Å². The fraction of sp³-hybridized carbons (Fsp3) is 0.846. The van der Waals surface area contributed by atoms with Crippen LogP contribution in [0.5, 0.6) is 0 Å². The van der Waals surface area contributed by atoms with Crippen LogP contribution in [0.1, 0.15) is 26.7 Å². The minimum atomic E-state index is -0.284. The van der Waals surface area contributed by atoms with Gasteiger partial charge in [0.25, 0.3) is 0 Å². The van der Waals surface area contributed by atoms with Crippen LogP contribution in [-0.4, -0.2) is 68.1 Å². The highest BCUT2D eigenvalue weighted by atomic mass is 16.5. The van der Waals surface area contributed by atoms with Gasteiger partial charge in [0.2, 0.25) is 5.91 Å². The number of nitrogens with two attached hydrogens (primary N) is 1. The molecule has 0 aromatic carbocycles. The topological polar surface area (TPSA) is 75.9 Å². The number of esters is 1. The Bertz CT molecular complexity index is 272. The monoisotopic (exact) mass is 273 g/mol. The average molecular weight is 273 g/mol. The highest BCUT2D eigenvalue weighted by Gasteiger charge is 2.16. The van der Waals surface area contributed by atoms with Crippen LogP contribution in [0.15, 0.2) is 0 Å². The largest absolute Gasteiger partial charge is 0.465 e. The van der Waals surface area contributed by atoms with E-state index in [1.165, 1.54) is 0 Å². The lowest BCUT2D eigenvalue weighted by atomic mass is 10.3. The van der Waals surface area contributed by atoms with Gasteiger partial charge in [0.1, 0.15) is 0 Å². The van der Waals surface area contributed by atoms with E-state index in [1.807, 2.05) is 11.8 Å². The highest BCUT2D eigenvalue weighted by molar-refractivity contribution is 5.79. The number of ether oxygens (including phenoxy) is 1. The number of carbonyl (C=O) groups is 2. The van der Waals surface area contributed by atoms with Gasteiger partial charge in [0, 0.05) is 13.6 Å². The first kappa shape index (κ1) is 17.9. The third-order valence-electron chi connectivity index (χ3n) is 2.68. The van der Waals surface area contributed by atoms with Crippen molar-refractivity contribution < 1.29 is 14.3 Å². The van der Waals surface area contributed by atoms with Gasteiger partial charge in [0.15, 0.2) is 0 Å². The lowest BCUT2D eigenvalue weighted by Crippen LogP contribution is -2.41. The zero-order chi connectivity index (χ0) is 14.7. The molecular weight excluding hydrogens is 246 g/mol. The summed E-state index contributed by atoms with van der Waals surface area (Å²) in [7, 11) is 1.76. The molecule has 6 heteroatoms. The number of carbonyl (C=O) groups excluding carboxylic acids is 2. The number of hydrogen-bond donors (Lipinski definition) is 1. The van der Waals surface area contributed by atoms with Crippen molar-refractivity contribution in [2.24, 2.45) is 5.73 Å². The Morgan fingerprint density at radius 3 is 2.37 bits per heavy atom. The van der Waals surface area contributed by atoms with E-state index in [1.54, 1.807) is 18.9 Å². The van der Waals surface area contributed by atoms with Gasteiger partial charge >= 0.3 is 5.97 Å². The number of likely N-dealkylation sites (N-methyl/N-ethyl adjacent to an activating group) is 1. The molecule has 112 valence electrons. The van der Waals surface area contributed by atoms with Crippen LogP contribution in [0.4, 0.5) is 0 Å². The first-order chi connectivity index (χ1) is 9.04. The standard InChI is InChI=1S/C13H27N3O3/c1-4-8-16(11-13(18)19-5-2)10-12(17)15(3)9-6-7-14/h4-11,14H2,1-3H3. The summed E-state index contributed by atoms with van der Waals surface area (Å²) in [6.45, 7) is 6.48. The summed E-state index contributed by atoms with van der Waals surface area (Å²) in [4.78, 5) is 26.9. The zero-order valence-corrected chi connectivity index (χ0v) is 12.4. The van der Waals surface area contributed by atoms with Crippen LogP contribution in [-0.2, 0) is 14.3 Å². The lowest BCUT2D eigenvalue weighted by Gasteiger charge is -2.23. The third kappa shape index (κ3) is 8.56. The van der Waals surface area contributed by atoms with E-state index in [2.05, 4.69) is 0 Å². The maximum absolute atomic E-state index is 12.0. The number of rotatable bonds is 10. The molecule has 0 fully saturated rings. The Balaban J connectivity index is 4.24. The molecule has 0 aliphatic heterocycles. The Kier molecular flexibility index (Phi) is 10.1. The summed E-state index contributed by atoms with van der Waals surface area (Å²) in [5.41, 5.74) is 5.42. The summed E-state index contributed by atoms with van der Waals surface area (Å²) >= 11 is 0. The smallest absolute Gasteiger partial charge is 0.320 e. The first-order valence-corrected chi connectivity index (χ1v) is 6.87. The quantitative estimate of drug-likeness (QED) is 0.570. The molecule has 0 saturated heterocycles. The van der Waals surface area contributed by atoms with Crippen LogP contribution in [0.25, 0.3) is 0 Å². The zero-order valence-electron chi connectivity index (χ0n) is 12.4. The minimum absolute atomic E-state index is 0.00574. The molecule has 2 N–H and O–H groups in total. The van der Waals surface area contributed by atoms with E-state index >= 15 is 0 Å². The Morgan fingerprint density at radius 1 is 1.16 bits per heavy atom. The van der Waals surface area contributed by atoms with Gasteiger partial charge < -0.3 is 15.4 Å². The predicted octanol–water partition coefficient (Wildman–Crippen LogP) is 0.0687. The summed E-state index contributed by atoms with van der Waals surface area (Å²) in [6, 6.07) is 0. The van der Waals surface area contributed by atoms with Gasteiger partial charge in [0.05, 0.1) is 19.7 Å². The molecule has 0 aliphatic rings. The normalized spacial score (nSPS) is 10.6. The second kappa shape index (κ2) is 10.8. The number of hydrogen-bond acceptors (Lipinski definition) is 5. The summed E-state index contributed by atoms with van der Waals surface area (Å²) in [6.07, 6.45) is 1.67. The molecule has 0 radical (unpaired) electrons. The van der Waals surface area contributed by atoms with Crippen LogP contribution >= 0.6 is 0 Å². The first-order valence-electron chi connectivity index (χ1n) is 6.87. The third-order valence-corrected chi connectivity index (χ3v) is 2.68. The molecule has 6 nitrogen and oxygen atoms in total. The van der Waals surface area contributed by atoms with Gasteiger partial charge in [-0.25, -0.2) is 0 Å². The molecule has 0 aliphatic carbocycles. The van der Waals surface area contributed by atoms with Crippen LogP contribution in [0, 0.1) is 0 Å². The van der Waals surface area contributed by atoms with Crippen LogP contribution in [0.3, 0.4) is 0 Å².